The molecule has 1 aliphatic carbocycles. The normalized spacial score (nSPS) is 23.2. The Bertz CT molecular complexity index is 1510. The molecule has 0 spiro atoms. The minimum atomic E-state index is -4.32. The quantitative estimate of drug-likeness (QED) is 0.444. The van der Waals surface area contributed by atoms with Gasteiger partial charge in [0.05, 0.1) is 24.8 Å². The van der Waals surface area contributed by atoms with E-state index in [0.29, 0.717) is 27.8 Å². The summed E-state index contributed by atoms with van der Waals surface area (Å²) in [5.41, 5.74) is 1.65. The molecule has 2 heterocycles. The smallest absolute Gasteiger partial charge is 0.294 e. The van der Waals surface area contributed by atoms with Gasteiger partial charge in [0.25, 0.3) is 20.2 Å². The van der Waals surface area contributed by atoms with E-state index in [1.807, 2.05) is 30.2 Å². The molecule has 1 fully saturated rings. The Hall–Kier alpha value is -1.97. The van der Waals surface area contributed by atoms with Gasteiger partial charge in [0.15, 0.2) is 5.17 Å². The predicted octanol–water partition coefficient (Wildman–Crippen LogP) is 3.03. The molecule has 4 rings (SSSR count). The van der Waals surface area contributed by atoms with Crippen molar-refractivity contribution in [3.63, 3.8) is 0 Å². The number of benzene rings is 1. The zero-order chi connectivity index (χ0) is 24.2. The average Bonchev–Trinajstić information content (AvgIpc) is 3.22. The highest BCUT2D eigenvalue weighted by Crippen LogP contribution is 2.50. The van der Waals surface area contributed by atoms with Gasteiger partial charge in [-0.1, -0.05) is 23.1 Å². The molecule has 2 N–H and O–H groups in total. The van der Waals surface area contributed by atoms with Crippen molar-refractivity contribution in [2.75, 3.05) is 6.54 Å². The van der Waals surface area contributed by atoms with Crippen LogP contribution in [0.1, 0.15) is 27.2 Å². The highest BCUT2D eigenvalue weighted by molar-refractivity contribution is 8.15. The third-order valence-corrected chi connectivity index (χ3v) is 9.57. The summed E-state index contributed by atoms with van der Waals surface area (Å²) in [7, 11) is -8.60. The lowest BCUT2D eigenvalue weighted by molar-refractivity contribution is 0.475. The maximum absolute atomic E-state index is 11.6. The Labute approximate surface area is 199 Å². The van der Waals surface area contributed by atoms with Crippen LogP contribution in [0, 0.1) is 0 Å². The number of amidine groups is 1. The lowest BCUT2D eigenvalue weighted by Gasteiger charge is -2.29. The Kier molecular flexibility index (Phi) is 6.12. The topological polar surface area (TPSA) is 142 Å². The molecule has 1 atom stereocenters. The van der Waals surface area contributed by atoms with E-state index in [0.717, 1.165) is 11.2 Å². The van der Waals surface area contributed by atoms with Gasteiger partial charge in [-0.2, -0.15) is 16.8 Å². The third kappa shape index (κ3) is 4.42. The monoisotopic (exact) mass is 530 g/mol. The molecule has 2 aromatic rings. The van der Waals surface area contributed by atoms with Crippen molar-refractivity contribution in [1.82, 2.24) is 9.47 Å². The van der Waals surface area contributed by atoms with E-state index in [-0.39, 0.29) is 16.2 Å². The van der Waals surface area contributed by atoms with Crippen LogP contribution in [0.15, 0.2) is 56.1 Å². The van der Waals surface area contributed by atoms with Crippen LogP contribution >= 0.6 is 23.1 Å². The van der Waals surface area contributed by atoms with Gasteiger partial charge in [0.2, 0.25) is 4.80 Å². The minimum Gasteiger partial charge on any atom is -0.322 e. The first kappa shape index (κ1) is 24.2. The van der Waals surface area contributed by atoms with Crippen molar-refractivity contribution >= 4 is 58.7 Å². The highest BCUT2D eigenvalue weighted by Gasteiger charge is 2.46. The van der Waals surface area contributed by atoms with Crippen LogP contribution < -0.4 is 4.80 Å². The Morgan fingerprint density at radius 2 is 1.79 bits per heavy atom. The summed E-state index contributed by atoms with van der Waals surface area (Å²) in [6.45, 7) is 6.95. The number of rotatable bonds is 5. The van der Waals surface area contributed by atoms with Gasteiger partial charge in [0.1, 0.15) is 0 Å². The second-order valence-electron chi connectivity index (χ2n) is 7.63. The number of aromatic nitrogens is 1. The van der Waals surface area contributed by atoms with Gasteiger partial charge in [-0.3, -0.25) is 9.11 Å². The molecule has 1 aromatic heterocycles. The van der Waals surface area contributed by atoms with Gasteiger partial charge < -0.3 is 9.47 Å². The molecule has 1 aromatic carbocycles. The Morgan fingerprint density at radius 3 is 2.39 bits per heavy atom. The number of thioether (sulfide) groups is 1. The molecule has 178 valence electrons. The minimum absolute atomic E-state index is 0.0431. The first-order chi connectivity index (χ1) is 15.4. The average molecular weight is 531 g/mol. The number of nitrogens with zero attached hydrogens (tertiary/aromatic N) is 4. The number of thiazole rings is 1. The molecule has 1 aliphatic heterocycles. The Morgan fingerprint density at radius 1 is 1.06 bits per heavy atom. The fraction of sp³-hybridized carbons (Fsp3) is 0.368. The maximum atomic E-state index is 11.6. The Balaban J connectivity index is 1.77. The molecule has 0 amide bonds. The van der Waals surface area contributed by atoms with Crippen molar-refractivity contribution in [2.24, 2.45) is 10.2 Å². The highest BCUT2D eigenvalue weighted by atomic mass is 32.2. The van der Waals surface area contributed by atoms with E-state index >= 15 is 0 Å². The second-order valence-corrected chi connectivity index (χ2v) is 13.0. The maximum Gasteiger partial charge on any atom is 0.294 e. The fourth-order valence-electron chi connectivity index (χ4n) is 3.89. The molecular weight excluding hydrogens is 508 g/mol. The summed E-state index contributed by atoms with van der Waals surface area (Å²) in [6, 6.07) is 4.37. The summed E-state index contributed by atoms with van der Waals surface area (Å²) in [5, 5.41) is 9.47. The SMILES string of the molecule is CCN1C2=CC=C(S(=O)(=O)O)CC2(C)S/C1=N\N=c1\sc2cc(S(=O)(=O)O)ccc2n1CC. The molecule has 14 heteroatoms. The van der Waals surface area contributed by atoms with Crippen LogP contribution in [0.5, 0.6) is 0 Å². The molecule has 33 heavy (non-hydrogen) atoms. The van der Waals surface area contributed by atoms with E-state index < -0.39 is 25.0 Å². The van der Waals surface area contributed by atoms with Crippen molar-refractivity contribution in [3.8, 4) is 0 Å². The van der Waals surface area contributed by atoms with Crippen LogP contribution in [0.2, 0.25) is 0 Å². The summed E-state index contributed by atoms with van der Waals surface area (Å²) in [6.07, 6.45) is 3.24. The molecule has 2 aliphatic rings. The van der Waals surface area contributed by atoms with Gasteiger partial charge in [-0.05, 0) is 51.1 Å². The van der Waals surface area contributed by atoms with Crippen LogP contribution in [-0.4, -0.2) is 51.9 Å². The van der Waals surface area contributed by atoms with Gasteiger partial charge in [0, 0.05) is 25.2 Å². The van der Waals surface area contributed by atoms with Crippen LogP contribution in [0.4, 0.5) is 0 Å². The number of hydrogen-bond donors (Lipinski definition) is 2. The van der Waals surface area contributed by atoms with Gasteiger partial charge in [-0.25, -0.2) is 0 Å². The number of allylic oxidation sites excluding steroid dienone is 3. The lowest BCUT2D eigenvalue weighted by Crippen LogP contribution is -2.31. The predicted molar refractivity (Wildman–Crippen MR) is 129 cm³/mol. The fourth-order valence-corrected chi connectivity index (χ4v) is 7.69. The number of hydrogen-bond acceptors (Lipinski definition) is 8. The van der Waals surface area contributed by atoms with Crippen LogP contribution in [0.3, 0.4) is 0 Å². The zero-order valence-corrected chi connectivity index (χ0v) is 21.2. The van der Waals surface area contributed by atoms with Crippen molar-refractivity contribution < 1.29 is 25.9 Å². The first-order valence-electron chi connectivity index (χ1n) is 9.95. The van der Waals surface area contributed by atoms with Crippen LogP contribution in [0.25, 0.3) is 10.2 Å². The largest absolute Gasteiger partial charge is 0.322 e. The van der Waals surface area contributed by atoms with E-state index in [1.165, 1.54) is 41.3 Å². The first-order valence-corrected chi connectivity index (χ1v) is 14.5. The standard InChI is InChI=1S/C19H22N4O6S4/c1-4-22-14-8-6-12(32(24,25)26)10-15(14)30-17(22)20-21-18-23(5-2)16-9-7-13(33(27,28)29)11-19(16,3)31-18/h6-10H,4-5,11H2,1-3H3,(H,24,25,26)(H,27,28,29)/b20-17+,21-18-. The summed E-state index contributed by atoms with van der Waals surface area (Å²) in [4.78, 5) is 2.27. The third-order valence-electron chi connectivity index (χ3n) is 5.46. The van der Waals surface area contributed by atoms with E-state index in [2.05, 4.69) is 10.2 Å². The lowest BCUT2D eigenvalue weighted by atomic mass is 9.97. The molecular formula is C19H22N4O6S4. The van der Waals surface area contributed by atoms with Crippen molar-refractivity contribution in [2.45, 2.75) is 43.4 Å². The second kappa shape index (κ2) is 8.36. The van der Waals surface area contributed by atoms with E-state index in [9.17, 15) is 25.9 Å². The zero-order valence-electron chi connectivity index (χ0n) is 18.0. The number of fused-ring (bicyclic) bond motifs is 2. The number of aryl methyl sites for hydroxylation is 1. The molecule has 1 unspecified atom stereocenters. The van der Waals surface area contributed by atoms with Crippen LogP contribution in [-0.2, 0) is 26.8 Å². The molecule has 0 bridgehead atoms. The summed E-state index contributed by atoms with van der Waals surface area (Å²) < 4.78 is 66.9. The van der Waals surface area contributed by atoms with Gasteiger partial charge >= 0.3 is 0 Å². The van der Waals surface area contributed by atoms with E-state index in [1.54, 1.807) is 12.1 Å². The molecule has 1 saturated heterocycles. The summed E-state index contributed by atoms with van der Waals surface area (Å²) in [5.74, 6) is 0. The van der Waals surface area contributed by atoms with E-state index in [4.69, 9.17) is 0 Å². The molecule has 10 nitrogen and oxygen atoms in total. The van der Waals surface area contributed by atoms with Crippen molar-refractivity contribution in [3.05, 3.63) is 45.8 Å². The van der Waals surface area contributed by atoms with Gasteiger partial charge in [-0.15, -0.1) is 10.2 Å². The summed E-state index contributed by atoms with van der Waals surface area (Å²) >= 11 is 2.62. The van der Waals surface area contributed by atoms with Crippen molar-refractivity contribution in [1.29, 1.82) is 0 Å². The molecule has 0 saturated carbocycles. The molecule has 0 radical (unpaired) electrons.